The van der Waals surface area contributed by atoms with Crippen molar-refractivity contribution < 1.29 is 4.79 Å². The third-order valence-electron chi connectivity index (χ3n) is 4.47. The summed E-state index contributed by atoms with van der Waals surface area (Å²) in [6, 6.07) is 16.5. The predicted octanol–water partition coefficient (Wildman–Crippen LogP) is 3.05. The van der Waals surface area contributed by atoms with E-state index in [9.17, 15) is 9.59 Å². The van der Waals surface area contributed by atoms with Crippen LogP contribution in [0, 0.1) is 6.92 Å². The summed E-state index contributed by atoms with van der Waals surface area (Å²) in [5.74, 6) is 0.303. The summed E-state index contributed by atoms with van der Waals surface area (Å²) in [7, 11) is 1.70. The molecule has 0 saturated heterocycles. The zero-order chi connectivity index (χ0) is 19.0. The fraction of sp³-hybridized carbons (Fsp3) is 0.143. The fourth-order valence-electron chi connectivity index (χ4n) is 3.20. The number of aryl methyl sites for hydroxylation is 1. The minimum atomic E-state index is -0.207. The van der Waals surface area contributed by atoms with Gasteiger partial charge < -0.3 is 9.88 Å². The van der Waals surface area contributed by atoms with Crippen molar-refractivity contribution >= 4 is 27.7 Å². The van der Waals surface area contributed by atoms with E-state index in [4.69, 9.17) is 0 Å². The summed E-state index contributed by atoms with van der Waals surface area (Å²) in [5.41, 5.74) is 2.56. The van der Waals surface area contributed by atoms with E-state index < -0.39 is 0 Å². The molecule has 1 amide bonds. The number of aromatic nitrogens is 3. The van der Waals surface area contributed by atoms with Gasteiger partial charge >= 0.3 is 0 Å². The van der Waals surface area contributed by atoms with Gasteiger partial charge in [0.15, 0.2) is 0 Å². The van der Waals surface area contributed by atoms with Gasteiger partial charge in [-0.1, -0.05) is 30.3 Å². The largest absolute Gasteiger partial charge is 0.334 e. The van der Waals surface area contributed by atoms with E-state index in [1.54, 1.807) is 36.2 Å². The molecule has 0 aliphatic rings. The van der Waals surface area contributed by atoms with Gasteiger partial charge in [0.25, 0.3) is 11.5 Å². The van der Waals surface area contributed by atoms with Crippen LogP contribution in [0.15, 0.2) is 59.4 Å². The lowest BCUT2D eigenvalue weighted by atomic mass is 10.1. The van der Waals surface area contributed by atoms with Crippen molar-refractivity contribution in [2.24, 2.45) is 0 Å². The molecule has 0 aliphatic heterocycles. The van der Waals surface area contributed by atoms with Crippen LogP contribution in [-0.4, -0.2) is 32.8 Å². The number of para-hydroxylation sites is 2. The van der Waals surface area contributed by atoms with Gasteiger partial charge in [-0.3, -0.25) is 14.6 Å². The lowest BCUT2D eigenvalue weighted by molar-refractivity contribution is 0.0783. The lowest BCUT2D eigenvalue weighted by Crippen LogP contribution is -2.28. The minimum absolute atomic E-state index is 0.146. The smallest absolute Gasteiger partial charge is 0.258 e. The molecule has 0 spiro atoms. The average Bonchev–Trinajstić information content (AvgIpc) is 2.66. The summed E-state index contributed by atoms with van der Waals surface area (Å²) in [6.07, 6.45) is 0. The second-order valence-electron chi connectivity index (χ2n) is 6.52. The Morgan fingerprint density at radius 1 is 1.00 bits per heavy atom. The Morgan fingerprint density at radius 3 is 2.37 bits per heavy atom. The Balaban J connectivity index is 1.69. The van der Waals surface area contributed by atoms with E-state index in [2.05, 4.69) is 15.0 Å². The Labute approximate surface area is 155 Å². The Bertz CT molecular complexity index is 1230. The molecule has 6 nitrogen and oxygen atoms in total. The molecule has 0 fully saturated rings. The quantitative estimate of drug-likeness (QED) is 0.610. The van der Waals surface area contributed by atoms with E-state index in [1.165, 1.54) is 0 Å². The summed E-state index contributed by atoms with van der Waals surface area (Å²) < 4.78 is 0. The zero-order valence-electron chi connectivity index (χ0n) is 15.1. The molecule has 1 N–H and O–H groups in total. The number of nitrogens with zero attached hydrogens (tertiary/aromatic N) is 3. The average molecular weight is 358 g/mol. The Hall–Kier alpha value is -3.54. The first-order chi connectivity index (χ1) is 13.0. The van der Waals surface area contributed by atoms with Crippen molar-refractivity contribution in [2.45, 2.75) is 13.5 Å². The normalized spacial score (nSPS) is 11.0. The number of benzene rings is 2. The molecule has 0 bridgehead atoms. The van der Waals surface area contributed by atoms with Crippen LogP contribution in [0.4, 0.5) is 0 Å². The number of H-pyrrole nitrogens is 1. The van der Waals surface area contributed by atoms with E-state index in [-0.39, 0.29) is 18.0 Å². The Kier molecular flexibility index (Phi) is 4.16. The van der Waals surface area contributed by atoms with Gasteiger partial charge in [-0.05, 0) is 31.2 Å². The second kappa shape index (κ2) is 6.64. The predicted molar refractivity (Wildman–Crippen MR) is 105 cm³/mol. The molecule has 0 atom stereocenters. The molecule has 0 radical (unpaired) electrons. The second-order valence-corrected chi connectivity index (χ2v) is 6.52. The lowest BCUT2D eigenvalue weighted by Gasteiger charge is -2.18. The van der Waals surface area contributed by atoms with Gasteiger partial charge in [0.2, 0.25) is 0 Å². The maximum Gasteiger partial charge on any atom is 0.258 e. The monoisotopic (exact) mass is 358 g/mol. The molecule has 0 unspecified atom stereocenters. The number of hydrogen-bond donors (Lipinski definition) is 1. The van der Waals surface area contributed by atoms with Crippen LogP contribution in [0.3, 0.4) is 0 Å². The van der Waals surface area contributed by atoms with Crippen LogP contribution < -0.4 is 5.56 Å². The zero-order valence-corrected chi connectivity index (χ0v) is 15.1. The maximum atomic E-state index is 13.0. The first kappa shape index (κ1) is 16.9. The van der Waals surface area contributed by atoms with Crippen molar-refractivity contribution in [3.05, 3.63) is 82.0 Å². The van der Waals surface area contributed by atoms with E-state index in [0.717, 1.165) is 16.6 Å². The van der Waals surface area contributed by atoms with Crippen molar-refractivity contribution in [1.29, 1.82) is 0 Å². The van der Waals surface area contributed by atoms with Gasteiger partial charge in [0.1, 0.15) is 5.82 Å². The van der Waals surface area contributed by atoms with Crippen LogP contribution in [0.1, 0.15) is 21.9 Å². The number of nitrogens with one attached hydrogen (secondary N) is 1. The molecule has 4 rings (SSSR count). The highest BCUT2D eigenvalue weighted by atomic mass is 16.2. The Morgan fingerprint density at radius 2 is 1.63 bits per heavy atom. The van der Waals surface area contributed by atoms with Gasteiger partial charge in [0, 0.05) is 18.1 Å². The number of hydrogen-bond acceptors (Lipinski definition) is 4. The molecule has 2 aromatic heterocycles. The standard InChI is InChI=1S/C21H18N4O2/c1-13-11-16(14-7-3-5-9-17(14)22-13)21(27)25(2)12-19-23-18-10-6-4-8-15(18)20(26)24-19/h3-11H,12H2,1-2H3,(H,23,24,26). The van der Waals surface area contributed by atoms with Gasteiger partial charge in [-0.25, -0.2) is 4.98 Å². The topological polar surface area (TPSA) is 79.0 Å². The van der Waals surface area contributed by atoms with Gasteiger partial charge in [-0.2, -0.15) is 0 Å². The number of fused-ring (bicyclic) bond motifs is 2. The molecule has 27 heavy (non-hydrogen) atoms. The summed E-state index contributed by atoms with van der Waals surface area (Å²) in [5, 5.41) is 1.34. The number of carbonyl (C=O) groups is 1. The van der Waals surface area contributed by atoms with Gasteiger partial charge in [0.05, 0.1) is 28.5 Å². The van der Waals surface area contributed by atoms with E-state index in [1.807, 2.05) is 37.3 Å². The number of pyridine rings is 1. The van der Waals surface area contributed by atoms with Crippen molar-refractivity contribution in [2.75, 3.05) is 7.05 Å². The molecule has 6 heteroatoms. The van der Waals surface area contributed by atoms with E-state index >= 15 is 0 Å². The third kappa shape index (κ3) is 3.17. The van der Waals surface area contributed by atoms with Crippen molar-refractivity contribution in [3.63, 3.8) is 0 Å². The first-order valence-electron chi connectivity index (χ1n) is 8.63. The number of carbonyl (C=O) groups excluding carboxylic acids is 1. The molecule has 0 aliphatic carbocycles. The first-order valence-corrected chi connectivity index (χ1v) is 8.63. The summed E-state index contributed by atoms with van der Waals surface area (Å²) in [4.78, 5) is 38.5. The number of aromatic amines is 1. The maximum absolute atomic E-state index is 13.0. The highest BCUT2D eigenvalue weighted by Crippen LogP contribution is 2.20. The minimum Gasteiger partial charge on any atom is -0.334 e. The number of amides is 1. The summed E-state index contributed by atoms with van der Waals surface area (Å²) in [6.45, 7) is 2.07. The molecule has 4 aromatic rings. The SMILES string of the molecule is Cc1cc(C(=O)N(C)Cc2nc3ccccc3c(=O)[nH]2)c2ccccc2n1. The molecular formula is C21H18N4O2. The highest BCUT2D eigenvalue weighted by molar-refractivity contribution is 6.06. The van der Waals surface area contributed by atoms with Crippen LogP contribution >= 0.6 is 0 Å². The van der Waals surface area contributed by atoms with Crippen molar-refractivity contribution in [1.82, 2.24) is 19.9 Å². The molecule has 134 valence electrons. The molecule has 2 aromatic carbocycles. The third-order valence-corrected chi connectivity index (χ3v) is 4.47. The van der Waals surface area contributed by atoms with Crippen LogP contribution in [-0.2, 0) is 6.54 Å². The summed E-state index contributed by atoms with van der Waals surface area (Å²) >= 11 is 0. The van der Waals surface area contributed by atoms with E-state index in [0.29, 0.717) is 22.3 Å². The molecule has 0 saturated carbocycles. The molecule has 2 heterocycles. The highest BCUT2D eigenvalue weighted by Gasteiger charge is 2.17. The number of rotatable bonds is 3. The fourth-order valence-corrected chi connectivity index (χ4v) is 3.20. The van der Waals surface area contributed by atoms with Gasteiger partial charge in [-0.15, -0.1) is 0 Å². The van der Waals surface area contributed by atoms with Crippen LogP contribution in [0.5, 0.6) is 0 Å². The van der Waals surface area contributed by atoms with Crippen LogP contribution in [0.25, 0.3) is 21.8 Å². The molecular weight excluding hydrogens is 340 g/mol. The van der Waals surface area contributed by atoms with Crippen LogP contribution in [0.2, 0.25) is 0 Å². The van der Waals surface area contributed by atoms with Crippen molar-refractivity contribution in [3.8, 4) is 0 Å².